The van der Waals surface area contributed by atoms with Gasteiger partial charge in [-0.3, -0.25) is 4.68 Å². The molecule has 0 fully saturated rings. The van der Waals surface area contributed by atoms with Gasteiger partial charge >= 0.3 is 0 Å². The van der Waals surface area contributed by atoms with E-state index in [1.165, 1.54) is 10.6 Å². The summed E-state index contributed by atoms with van der Waals surface area (Å²) in [4.78, 5) is 5.61. The number of aryl methyl sites for hydroxylation is 2. The van der Waals surface area contributed by atoms with Crippen molar-refractivity contribution in [3.63, 3.8) is 0 Å². The highest BCUT2D eigenvalue weighted by molar-refractivity contribution is 7.09. The van der Waals surface area contributed by atoms with Gasteiger partial charge in [0.2, 0.25) is 0 Å². The number of thiazole rings is 1. The van der Waals surface area contributed by atoms with Crippen LogP contribution in [0, 0.1) is 6.92 Å². The van der Waals surface area contributed by atoms with Crippen LogP contribution in [0.5, 0.6) is 0 Å². The van der Waals surface area contributed by atoms with Gasteiger partial charge in [-0.2, -0.15) is 5.10 Å². The standard InChI is InChI=1S/C12H18N4S/c1-4-13-11(12-9(3)14-8-17-12)10-6-7-15-16(10)5-2/h6-8,11,13H,4-5H2,1-3H3. The highest BCUT2D eigenvalue weighted by atomic mass is 32.1. The van der Waals surface area contributed by atoms with Gasteiger partial charge in [-0.1, -0.05) is 6.92 Å². The molecule has 0 bridgehead atoms. The molecule has 0 aliphatic rings. The van der Waals surface area contributed by atoms with Crippen molar-refractivity contribution in [2.45, 2.75) is 33.4 Å². The van der Waals surface area contributed by atoms with Crippen molar-refractivity contribution < 1.29 is 0 Å². The number of hydrogen-bond acceptors (Lipinski definition) is 4. The Hall–Kier alpha value is -1.20. The average Bonchev–Trinajstić information content (AvgIpc) is 2.94. The Labute approximate surface area is 106 Å². The Morgan fingerprint density at radius 2 is 2.29 bits per heavy atom. The topological polar surface area (TPSA) is 42.7 Å². The molecule has 1 unspecified atom stereocenters. The summed E-state index contributed by atoms with van der Waals surface area (Å²) in [5, 5.41) is 7.85. The molecule has 1 N–H and O–H groups in total. The number of hydrogen-bond donors (Lipinski definition) is 1. The molecule has 0 saturated carbocycles. The minimum atomic E-state index is 0.204. The molecule has 5 heteroatoms. The monoisotopic (exact) mass is 250 g/mol. The molecule has 0 saturated heterocycles. The second-order valence-corrected chi connectivity index (χ2v) is 4.75. The minimum absolute atomic E-state index is 0.204. The zero-order valence-electron chi connectivity index (χ0n) is 10.5. The summed E-state index contributed by atoms with van der Waals surface area (Å²) < 4.78 is 2.03. The van der Waals surface area contributed by atoms with Crippen molar-refractivity contribution in [3.05, 3.63) is 34.0 Å². The molecular weight excluding hydrogens is 232 g/mol. The highest BCUT2D eigenvalue weighted by Gasteiger charge is 2.20. The van der Waals surface area contributed by atoms with Gasteiger partial charge in [0.05, 0.1) is 27.8 Å². The zero-order valence-corrected chi connectivity index (χ0v) is 11.3. The molecule has 2 rings (SSSR count). The van der Waals surface area contributed by atoms with E-state index in [-0.39, 0.29) is 6.04 Å². The molecule has 4 nitrogen and oxygen atoms in total. The Morgan fingerprint density at radius 1 is 1.47 bits per heavy atom. The number of nitrogens with one attached hydrogen (secondary N) is 1. The normalized spacial score (nSPS) is 12.9. The average molecular weight is 250 g/mol. The van der Waals surface area contributed by atoms with Crippen LogP contribution in [0.25, 0.3) is 0 Å². The van der Waals surface area contributed by atoms with Crippen molar-refractivity contribution in [1.82, 2.24) is 20.1 Å². The molecule has 0 aromatic carbocycles. The van der Waals surface area contributed by atoms with Crippen LogP contribution in [0.15, 0.2) is 17.8 Å². The third-order valence-electron chi connectivity index (χ3n) is 2.80. The van der Waals surface area contributed by atoms with Gasteiger partial charge in [0.25, 0.3) is 0 Å². The maximum absolute atomic E-state index is 4.34. The summed E-state index contributed by atoms with van der Waals surface area (Å²) in [5.74, 6) is 0. The van der Waals surface area contributed by atoms with Crippen LogP contribution in [-0.4, -0.2) is 21.3 Å². The third kappa shape index (κ3) is 2.40. The molecule has 0 amide bonds. The fourth-order valence-electron chi connectivity index (χ4n) is 1.98. The lowest BCUT2D eigenvalue weighted by Gasteiger charge is -2.18. The Morgan fingerprint density at radius 3 is 2.88 bits per heavy atom. The molecule has 0 spiro atoms. The quantitative estimate of drug-likeness (QED) is 0.886. The summed E-state index contributed by atoms with van der Waals surface area (Å²) in [5.41, 5.74) is 4.22. The van der Waals surface area contributed by atoms with Gasteiger partial charge in [-0.25, -0.2) is 4.98 Å². The Balaban J connectivity index is 2.39. The lowest BCUT2D eigenvalue weighted by Crippen LogP contribution is -2.24. The van der Waals surface area contributed by atoms with Crippen molar-refractivity contribution in [3.8, 4) is 0 Å². The highest BCUT2D eigenvalue weighted by Crippen LogP contribution is 2.27. The first-order valence-corrected chi connectivity index (χ1v) is 6.81. The molecule has 92 valence electrons. The largest absolute Gasteiger partial charge is 0.305 e. The van der Waals surface area contributed by atoms with E-state index in [2.05, 4.69) is 42.2 Å². The molecule has 0 aliphatic heterocycles. The van der Waals surface area contributed by atoms with Crippen LogP contribution in [-0.2, 0) is 6.54 Å². The fraction of sp³-hybridized carbons (Fsp3) is 0.500. The molecule has 2 aromatic rings. The van der Waals surface area contributed by atoms with E-state index in [1.807, 2.05) is 16.4 Å². The Kier molecular flexibility index (Phi) is 3.91. The van der Waals surface area contributed by atoms with Crippen molar-refractivity contribution in [2.24, 2.45) is 0 Å². The lowest BCUT2D eigenvalue weighted by molar-refractivity contribution is 0.545. The van der Waals surface area contributed by atoms with E-state index < -0.39 is 0 Å². The molecule has 2 aromatic heterocycles. The predicted octanol–water partition coefficient (Wildman–Crippen LogP) is 2.37. The van der Waals surface area contributed by atoms with Gasteiger partial charge in [0.1, 0.15) is 0 Å². The summed E-state index contributed by atoms with van der Waals surface area (Å²) in [6.07, 6.45) is 1.86. The van der Waals surface area contributed by atoms with Crippen molar-refractivity contribution >= 4 is 11.3 Å². The van der Waals surface area contributed by atoms with E-state index in [0.717, 1.165) is 18.8 Å². The van der Waals surface area contributed by atoms with Crippen LogP contribution in [0.4, 0.5) is 0 Å². The van der Waals surface area contributed by atoms with E-state index in [9.17, 15) is 0 Å². The van der Waals surface area contributed by atoms with Crippen LogP contribution < -0.4 is 5.32 Å². The van der Waals surface area contributed by atoms with Gasteiger partial charge < -0.3 is 5.32 Å². The molecule has 17 heavy (non-hydrogen) atoms. The van der Waals surface area contributed by atoms with Crippen molar-refractivity contribution in [2.75, 3.05) is 6.54 Å². The maximum atomic E-state index is 4.34. The molecule has 2 heterocycles. The smallest absolute Gasteiger partial charge is 0.0860 e. The minimum Gasteiger partial charge on any atom is -0.305 e. The van der Waals surface area contributed by atoms with E-state index in [4.69, 9.17) is 0 Å². The fourth-order valence-corrected chi connectivity index (χ4v) is 2.86. The summed E-state index contributed by atoms with van der Waals surface area (Å²) >= 11 is 1.70. The first-order valence-electron chi connectivity index (χ1n) is 5.93. The van der Waals surface area contributed by atoms with Gasteiger partial charge in [-0.05, 0) is 26.5 Å². The lowest BCUT2D eigenvalue weighted by atomic mass is 10.1. The van der Waals surface area contributed by atoms with E-state index >= 15 is 0 Å². The molecular formula is C12H18N4S. The number of aromatic nitrogens is 3. The van der Waals surface area contributed by atoms with Gasteiger partial charge in [0.15, 0.2) is 0 Å². The van der Waals surface area contributed by atoms with Crippen LogP contribution in [0.3, 0.4) is 0 Å². The molecule has 0 aliphatic carbocycles. The van der Waals surface area contributed by atoms with Gasteiger partial charge in [0, 0.05) is 12.7 Å². The number of nitrogens with zero attached hydrogens (tertiary/aromatic N) is 3. The first-order chi connectivity index (χ1) is 8.27. The zero-order chi connectivity index (χ0) is 12.3. The first kappa shape index (κ1) is 12.3. The van der Waals surface area contributed by atoms with Crippen molar-refractivity contribution in [1.29, 1.82) is 0 Å². The molecule has 0 radical (unpaired) electrons. The maximum Gasteiger partial charge on any atom is 0.0860 e. The Bertz CT molecular complexity index is 474. The van der Waals surface area contributed by atoms with E-state index in [0.29, 0.717) is 0 Å². The second kappa shape index (κ2) is 5.42. The second-order valence-electron chi connectivity index (χ2n) is 3.86. The van der Waals surface area contributed by atoms with Gasteiger partial charge in [-0.15, -0.1) is 11.3 Å². The van der Waals surface area contributed by atoms with Crippen LogP contribution in [0.1, 0.15) is 36.2 Å². The summed E-state index contributed by atoms with van der Waals surface area (Å²) in [6, 6.07) is 2.28. The number of rotatable bonds is 5. The summed E-state index contributed by atoms with van der Waals surface area (Å²) in [6.45, 7) is 8.11. The van der Waals surface area contributed by atoms with E-state index in [1.54, 1.807) is 11.3 Å². The van der Waals surface area contributed by atoms with Crippen LogP contribution >= 0.6 is 11.3 Å². The predicted molar refractivity (Wildman–Crippen MR) is 70.3 cm³/mol. The third-order valence-corrected chi connectivity index (χ3v) is 3.79. The van der Waals surface area contributed by atoms with Crippen LogP contribution in [0.2, 0.25) is 0 Å². The SMILES string of the molecule is CCNC(c1scnc1C)c1ccnn1CC. The summed E-state index contributed by atoms with van der Waals surface area (Å²) in [7, 11) is 0. The molecule has 1 atom stereocenters.